The zero-order valence-electron chi connectivity index (χ0n) is 21.2. The quantitative estimate of drug-likeness (QED) is 0.636. The third kappa shape index (κ3) is 5.68. The molecule has 0 aliphatic carbocycles. The van der Waals surface area contributed by atoms with Gasteiger partial charge in [0.2, 0.25) is 5.91 Å². The molecule has 0 bridgehead atoms. The number of fused-ring (bicyclic) bond motifs is 1. The van der Waals surface area contributed by atoms with Gasteiger partial charge in [-0.2, -0.15) is 0 Å². The Balaban J connectivity index is 1.31. The van der Waals surface area contributed by atoms with Crippen LogP contribution in [-0.4, -0.2) is 66.4 Å². The summed E-state index contributed by atoms with van der Waals surface area (Å²) in [4.78, 5) is 17.2. The molecule has 5 rings (SSSR count). The molecule has 0 spiro atoms. The molecular formula is C29H38FN3O3. The number of amides is 1. The van der Waals surface area contributed by atoms with E-state index in [0.29, 0.717) is 32.2 Å². The topological polar surface area (TPSA) is 65.0 Å². The van der Waals surface area contributed by atoms with Crippen LogP contribution in [0.3, 0.4) is 0 Å². The smallest absolute Gasteiger partial charge is 0.220 e. The predicted molar refractivity (Wildman–Crippen MR) is 139 cm³/mol. The molecule has 194 valence electrons. The van der Waals surface area contributed by atoms with Crippen LogP contribution in [0.4, 0.5) is 10.1 Å². The van der Waals surface area contributed by atoms with Crippen LogP contribution in [0.2, 0.25) is 0 Å². The van der Waals surface area contributed by atoms with Crippen molar-refractivity contribution in [2.45, 2.75) is 75.1 Å². The van der Waals surface area contributed by atoms with Crippen LogP contribution in [0.25, 0.3) is 0 Å². The second kappa shape index (κ2) is 10.8. The van der Waals surface area contributed by atoms with Crippen LogP contribution < -0.4 is 15.0 Å². The van der Waals surface area contributed by atoms with Crippen molar-refractivity contribution < 1.29 is 19.0 Å². The molecule has 3 aliphatic heterocycles. The van der Waals surface area contributed by atoms with E-state index in [4.69, 9.17) is 4.74 Å². The van der Waals surface area contributed by atoms with Gasteiger partial charge in [0.05, 0.1) is 12.7 Å². The Morgan fingerprint density at radius 2 is 1.92 bits per heavy atom. The number of methoxy groups -OCH3 is 1. The van der Waals surface area contributed by atoms with E-state index in [1.54, 1.807) is 19.2 Å². The number of carbonyl (C=O) groups excluding carboxylic acids is 1. The molecule has 1 amide bonds. The molecule has 0 aromatic heterocycles. The minimum Gasteiger partial charge on any atom is -0.497 e. The van der Waals surface area contributed by atoms with Crippen molar-refractivity contribution in [2.75, 3.05) is 31.6 Å². The maximum atomic E-state index is 13.9. The van der Waals surface area contributed by atoms with Gasteiger partial charge in [-0.05, 0) is 80.5 Å². The molecule has 3 fully saturated rings. The fourth-order valence-electron chi connectivity index (χ4n) is 6.38. The van der Waals surface area contributed by atoms with Crippen molar-refractivity contribution in [2.24, 2.45) is 0 Å². The van der Waals surface area contributed by atoms with Gasteiger partial charge in [-0.1, -0.05) is 18.6 Å². The molecule has 2 aromatic carbocycles. The van der Waals surface area contributed by atoms with Gasteiger partial charge >= 0.3 is 0 Å². The molecule has 3 aliphatic rings. The highest BCUT2D eigenvalue weighted by Gasteiger charge is 2.46. The van der Waals surface area contributed by atoms with Crippen LogP contribution in [0.5, 0.6) is 5.75 Å². The van der Waals surface area contributed by atoms with E-state index in [9.17, 15) is 14.3 Å². The maximum absolute atomic E-state index is 13.9. The molecule has 3 atom stereocenters. The van der Waals surface area contributed by atoms with Gasteiger partial charge in [0.15, 0.2) is 0 Å². The zero-order chi connectivity index (χ0) is 25.1. The monoisotopic (exact) mass is 495 g/mol. The van der Waals surface area contributed by atoms with Crippen molar-refractivity contribution in [3.05, 3.63) is 59.9 Å². The molecule has 0 radical (unpaired) electrons. The van der Waals surface area contributed by atoms with E-state index in [2.05, 4.69) is 27.2 Å². The number of rotatable bonds is 6. The lowest BCUT2D eigenvalue weighted by Gasteiger charge is -2.44. The number of carbonyl (C=O) groups is 1. The Labute approximate surface area is 213 Å². The number of hydrogen-bond acceptors (Lipinski definition) is 5. The van der Waals surface area contributed by atoms with Crippen LogP contribution in [0.1, 0.15) is 50.5 Å². The van der Waals surface area contributed by atoms with Gasteiger partial charge in [-0.25, -0.2) is 4.39 Å². The Morgan fingerprint density at radius 3 is 2.64 bits per heavy atom. The first-order valence-electron chi connectivity index (χ1n) is 13.3. The van der Waals surface area contributed by atoms with Crippen molar-refractivity contribution in [1.29, 1.82) is 0 Å². The minimum atomic E-state index is -0.787. The SMILES string of the molecule is COc1ccc(N2CCC(O)(CN3[C@H](Cc4cccc(F)c4)C[C@@H]4NC(=O)CCCC[C@H]43)CC2)cc1. The highest BCUT2D eigenvalue weighted by atomic mass is 19.1. The highest BCUT2D eigenvalue weighted by molar-refractivity contribution is 5.76. The third-order valence-corrected chi connectivity index (χ3v) is 8.35. The highest BCUT2D eigenvalue weighted by Crippen LogP contribution is 2.36. The van der Waals surface area contributed by atoms with E-state index in [1.165, 1.54) is 6.07 Å². The maximum Gasteiger partial charge on any atom is 0.220 e. The Morgan fingerprint density at radius 1 is 1.14 bits per heavy atom. The number of anilines is 1. The first kappa shape index (κ1) is 25.0. The average Bonchev–Trinajstić information content (AvgIpc) is 3.15. The third-order valence-electron chi connectivity index (χ3n) is 8.35. The molecule has 36 heavy (non-hydrogen) atoms. The lowest BCUT2D eigenvalue weighted by atomic mass is 9.89. The molecule has 0 unspecified atom stereocenters. The fraction of sp³-hybridized carbons (Fsp3) is 0.552. The number of aliphatic hydroxyl groups is 1. The van der Waals surface area contributed by atoms with E-state index in [0.717, 1.165) is 55.8 Å². The number of nitrogens with zero attached hydrogens (tertiary/aromatic N) is 2. The van der Waals surface area contributed by atoms with Gasteiger partial charge in [0, 0.05) is 49.9 Å². The lowest BCUT2D eigenvalue weighted by molar-refractivity contribution is -0.122. The standard InChI is InChI=1S/C29H38FN3O3/c1-36-25-11-9-23(10-12-25)32-15-13-29(35,14-16-32)20-33-24(18-21-5-4-6-22(30)17-21)19-26-27(33)7-2-3-8-28(34)31-26/h4-6,9-12,17,24,26-27,35H,2-3,7-8,13-16,18-20H2,1H3,(H,31,34)/t24-,26+,27-/m1/s1. The number of halogens is 1. The Hall–Kier alpha value is -2.64. The summed E-state index contributed by atoms with van der Waals surface area (Å²) >= 11 is 0. The number of nitrogens with one attached hydrogen (secondary N) is 1. The largest absolute Gasteiger partial charge is 0.497 e. The number of benzene rings is 2. The summed E-state index contributed by atoms with van der Waals surface area (Å²) in [5.41, 5.74) is 1.32. The van der Waals surface area contributed by atoms with E-state index in [1.807, 2.05) is 18.2 Å². The molecule has 3 heterocycles. The van der Waals surface area contributed by atoms with E-state index >= 15 is 0 Å². The van der Waals surface area contributed by atoms with Crippen molar-refractivity contribution in [1.82, 2.24) is 10.2 Å². The molecule has 6 nitrogen and oxygen atoms in total. The fourth-order valence-corrected chi connectivity index (χ4v) is 6.38. The summed E-state index contributed by atoms with van der Waals surface area (Å²) in [7, 11) is 1.67. The van der Waals surface area contributed by atoms with Crippen molar-refractivity contribution in [3.8, 4) is 5.75 Å². The Kier molecular flexibility index (Phi) is 7.49. The average molecular weight is 496 g/mol. The van der Waals surface area contributed by atoms with Crippen LogP contribution in [0, 0.1) is 5.82 Å². The van der Waals surface area contributed by atoms with Crippen LogP contribution >= 0.6 is 0 Å². The second-order valence-electron chi connectivity index (χ2n) is 10.8. The van der Waals surface area contributed by atoms with Gasteiger partial charge < -0.3 is 20.1 Å². The summed E-state index contributed by atoms with van der Waals surface area (Å²) in [6.45, 7) is 2.16. The zero-order valence-corrected chi connectivity index (χ0v) is 21.2. The Bertz CT molecular complexity index is 1040. The van der Waals surface area contributed by atoms with Gasteiger partial charge in [-0.3, -0.25) is 9.69 Å². The van der Waals surface area contributed by atoms with Crippen LogP contribution in [0.15, 0.2) is 48.5 Å². The van der Waals surface area contributed by atoms with Gasteiger partial charge in [0.25, 0.3) is 0 Å². The molecule has 3 saturated heterocycles. The summed E-state index contributed by atoms with van der Waals surface area (Å²) in [6.07, 6.45) is 6.44. The molecule has 7 heteroatoms. The first-order chi connectivity index (χ1) is 17.4. The number of hydrogen-bond donors (Lipinski definition) is 2. The van der Waals surface area contributed by atoms with Crippen LogP contribution in [-0.2, 0) is 11.2 Å². The summed E-state index contributed by atoms with van der Waals surface area (Å²) in [5, 5.41) is 15.0. The summed E-state index contributed by atoms with van der Waals surface area (Å²) in [5.74, 6) is 0.745. The van der Waals surface area contributed by atoms with E-state index in [-0.39, 0.29) is 29.8 Å². The normalized spacial score (nSPS) is 26.6. The minimum absolute atomic E-state index is 0.0827. The van der Waals surface area contributed by atoms with Gasteiger partial charge in [0.1, 0.15) is 11.6 Å². The summed E-state index contributed by atoms with van der Waals surface area (Å²) in [6, 6.07) is 15.4. The molecule has 2 N–H and O–H groups in total. The second-order valence-corrected chi connectivity index (χ2v) is 10.8. The number of likely N-dealkylation sites (tertiary alicyclic amines) is 1. The molecule has 2 aromatic rings. The number of ether oxygens (including phenoxy) is 1. The number of piperidine rings is 1. The predicted octanol–water partition coefficient (Wildman–Crippen LogP) is 3.91. The summed E-state index contributed by atoms with van der Waals surface area (Å²) < 4.78 is 19.2. The van der Waals surface area contributed by atoms with E-state index < -0.39 is 5.60 Å². The lowest BCUT2D eigenvalue weighted by Crippen LogP contribution is -2.55. The molecule has 0 saturated carbocycles. The van der Waals surface area contributed by atoms with Gasteiger partial charge in [-0.15, -0.1) is 0 Å². The first-order valence-corrected chi connectivity index (χ1v) is 13.3. The number of β-amino-alcohol motifs (C(OH)–C–C–N with tert-alkyl or cyclic N) is 1. The molecular weight excluding hydrogens is 457 g/mol. The van der Waals surface area contributed by atoms with Crippen molar-refractivity contribution in [3.63, 3.8) is 0 Å². The van der Waals surface area contributed by atoms with Crippen molar-refractivity contribution >= 4 is 11.6 Å².